The number of nitrogens with one attached hydrogen (secondary N) is 2. The average Bonchev–Trinajstić information content (AvgIpc) is 3.69. The van der Waals surface area contributed by atoms with Gasteiger partial charge in [0.15, 0.2) is 0 Å². The zero-order valence-electron chi connectivity index (χ0n) is 28.3. The van der Waals surface area contributed by atoms with Crippen molar-refractivity contribution in [3.8, 4) is 24.2 Å². The first-order valence-electron chi connectivity index (χ1n) is 16.1. The second-order valence-corrected chi connectivity index (χ2v) is 10.8. The number of benzene rings is 2. The molecule has 4 rings (SSSR count). The second kappa shape index (κ2) is 24.3. The summed E-state index contributed by atoms with van der Waals surface area (Å²) in [7, 11) is 0. The van der Waals surface area contributed by atoms with E-state index in [2.05, 4.69) is 139 Å². The number of allylic oxidation sites excluding steroid dienone is 1. The predicted octanol–water partition coefficient (Wildman–Crippen LogP) is 8.23. The van der Waals surface area contributed by atoms with Crippen LogP contribution in [-0.4, -0.2) is 23.8 Å². The van der Waals surface area contributed by atoms with E-state index in [0.717, 1.165) is 50.9 Å². The minimum atomic E-state index is 0.118. The second-order valence-electron chi connectivity index (χ2n) is 10.8. The van der Waals surface area contributed by atoms with E-state index in [1.54, 1.807) is 6.08 Å². The molecule has 3 unspecified atom stereocenters. The van der Waals surface area contributed by atoms with Gasteiger partial charge in [0.2, 0.25) is 0 Å². The SMILES string of the molecule is C#CCC.C=CC.C=CN.CCC(C)c1c(CNCc2ccccc2)ccn1C1CCC(CNCC#Cc2cccc(C)c2)O1. The number of terminal acetylenes is 1. The molecule has 2 aromatic carbocycles. The number of hydrogen-bond donors (Lipinski definition) is 3. The first-order valence-corrected chi connectivity index (χ1v) is 16.1. The maximum atomic E-state index is 6.48. The Balaban J connectivity index is 0.000000893. The third-order valence-corrected chi connectivity index (χ3v) is 7.05. The Hall–Kier alpha value is -4.00. The van der Waals surface area contributed by atoms with Crippen molar-refractivity contribution in [2.24, 2.45) is 5.73 Å². The van der Waals surface area contributed by atoms with Crippen molar-refractivity contribution < 1.29 is 4.74 Å². The molecule has 1 aliphatic heterocycles. The molecule has 1 aliphatic rings. The Morgan fingerprint density at radius 1 is 1.07 bits per heavy atom. The number of rotatable bonds is 10. The Kier molecular flexibility index (Phi) is 21.1. The van der Waals surface area contributed by atoms with Crippen LogP contribution in [0.5, 0.6) is 0 Å². The summed E-state index contributed by atoms with van der Waals surface area (Å²) in [5, 5.41) is 7.09. The quantitative estimate of drug-likeness (QED) is 0.123. The summed E-state index contributed by atoms with van der Waals surface area (Å²) in [6, 6.07) is 21.2. The topological polar surface area (TPSA) is 64.2 Å². The van der Waals surface area contributed by atoms with Crippen LogP contribution in [0, 0.1) is 31.1 Å². The summed E-state index contributed by atoms with van der Waals surface area (Å²) < 4.78 is 8.88. The van der Waals surface area contributed by atoms with Gasteiger partial charge in [0.05, 0.1) is 12.6 Å². The van der Waals surface area contributed by atoms with Crippen LogP contribution in [0.4, 0.5) is 0 Å². The lowest BCUT2D eigenvalue weighted by atomic mass is 10.0. The van der Waals surface area contributed by atoms with E-state index in [0.29, 0.717) is 12.5 Å². The van der Waals surface area contributed by atoms with Gasteiger partial charge in [-0.05, 0) is 80.1 Å². The molecule has 1 fully saturated rings. The van der Waals surface area contributed by atoms with Crippen LogP contribution < -0.4 is 16.4 Å². The highest BCUT2D eigenvalue weighted by molar-refractivity contribution is 5.36. The summed E-state index contributed by atoms with van der Waals surface area (Å²) in [4.78, 5) is 0. The molecule has 4 N–H and O–H groups in total. The van der Waals surface area contributed by atoms with Crippen LogP contribution in [0.25, 0.3) is 0 Å². The first kappa shape index (κ1) is 39.0. The smallest absolute Gasteiger partial charge is 0.134 e. The highest BCUT2D eigenvalue weighted by Crippen LogP contribution is 2.34. The van der Waals surface area contributed by atoms with Gasteiger partial charge in [-0.1, -0.05) is 87.7 Å². The lowest BCUT2D eigenvalue weighted by Crippen LogP contribution is -2.27. The monoisotopic (exact) mass is 608 g/mol. The van der Waals surface area contributed by atoms with Gasteiger partial charge in [-0.2, -0.15) is 0 Å². The normalized spacial score (nSPS) is 15.2. The van der Waals surface area contributed by atoms with E-state index in [9.17, 15) is 0 Å². The van der Waals surface area contributed by atoms with Crippen molar-refractivity contribution in [2.75, 3.05) is 13.1 Å². The highest BCUT2D eigenvalue weighted by atomic mass is 16.5. The van der Waals surface area contributed by atoms with Gasteiger partial charge in [0.25, 0.3) is 0 Å². The molecule has 1 saturated heterocycles. The van der Waals surface area contributed by atoms with Gasteiger partial charge < -0.3 is 25.7 Å². The van der Waals surface area contributed by atoms with Crippen molar-refractivity contribution in [3.63, 3.8) is 0 Å². The van der Waals surface area contributed by atoms with Gasteiger partial charge in [-0.15, -0.1) is 18.9 Å². The zero-order chi connectivity index (χ0) is 33.3. The average molecular weight is 609 g/mol. The third kappa shape index (κ3) is 15.5. The molecule has 2 heterocycles. The van der Waals surface area contributed by atoms with Crippen molar-refractivity contribution in [1.29, 1.82) is 0 Å². The first-order chi connectivity index (χ1) is 21.9. The van der Waals surface area contributed by atoms with Gasteiger partial charge in [0, 0.05) is 43.5 Å². The minimum absolute atomic E-state index is 0.118. The summed E-state index contributed by atoms with van der Waals surface area (Å²) in [5.41, 5.74) is 11.0. The molecule has 5 heteroatoms. The van der Waals surface area contributed by atoms with Crippen LogP contribution in [0.15, 0.2) is 92.3 Å². The van der Waals surface area contributed by atoms with Gasteiger partial charge in [-0.3, -0.25) is 0 Å². The van der Waals surface area contributed by atoms with Crippen molar-refractivity contribution in [1.82, 2.24) is 15.2 Å². The largest absolute Gasteiger partial charge is 0.405 e. The van der Waals surface area contributed by atoms with Gasteiger partial charge in [-0.25, -0.2) is 0 Å². The Morgan fingerprint density at radius 2 is 1.76 bits per heavy atom. The molecule has 0 amide bonds. The molecule has 1 aromatic heterocycles. The lowest BCUT2D eigenvalue weighted by Gasteiger charge is -2.22. The molecule has 0 saturated carbocycles. The lowest BCUT2D eigenvalue weighted by molar-refractivity contribution is 0.00153. The Labute approximate surface area is 274 Å². The number of nitrogens with two attached hydrogens (primary N) is 1. The van der Waals surface area contributed by atoms with Crippen LogP contribution in [0.2, 0.25) is 0 Å². The van der Waals surface area contributed by atoms with Gasteiger partial charge in [0.1, 0.15) is 6.23 Å². The minimum Gasteiger partial charge on any atom is -0.405 e. The highest BCUT2D eigenvalue weighted by Gasteiger charge is 2.29. The molecular weight excluding hydrogens is 552 g/mol. The Bertz CT molecular complexity index is 1320. The molecule has 0 bridgehead atoms. The molecule has 0 radical (unpaired) electrons. The summed E-state index contributed by atoms with van der Waals surface area (Å²) in [6.45, 7) is 20.3. The standard InChI is InChI=1S/C31H39N3O.C4H6.C3H6.C2H5N/c1-4-25(3)31-28(22-33-21-27-11-6-5-7-12-27)17-19-34(31)30-16-15-29(35-30)23-32-18-9-14-26-13-8-10-24(2)20-26;1-3-4-2;1-3-2;1-2-3/h5-8,10-13,17,19-20,25,29-30,32-33H,4,15-16,18,21-23H2,1-3H3;1H,4H2,2H3;3H,1H2,2H3;2H,1,3H2. The van der Waals surface area contributed by atoms with E-state index in [-0.39, 0.29) is 12.3 Å². The number of aryl methyl sites for hydroxylation is 1. The van der Waals surface area contributed by atoms with E-state index < -0.39 is 0 Å². The fraction of sp³-hybridized carbons (Fsp3) is 0.400. The zero-order valence-corrected chi connectivity index (χ0v) is 28.3. The fourth-order valence-electron chi connectivity index (χ4n) is 4.81. The maximum Gasteiger partial charge on any atom is 0.134 e. The van der Waals surface area contributed by atoms with Crippen LogP contribution in [-0.2, 0) is 17.8 Å². The molecular formula is C40H56N4O. The van der Waals surface area contributed by atoms with E-state index in [4.69, 9.17) is 11.2 Å². The van der Waals surface area contributed by atoms with Crippen molar-refractivity contribution in [3.05, 3.63) is 120 Å². The number of nitrogens with zero attached hydrogens (tertiary/aromatic N) is 1. The number of aromatic nitrogens is 1. The molecule has 242 valence electrons. The number of ether oxygens (including phenoxy) is 1. The molecule has 45 heavy (non-hydrogen) atoms. The molecule has 3 aromatic rings. The van der Waals surface area contributed by atoms with E-state index in [1.807, 2.05) is 13.8 Å². The predicted molar refractivity (Wildman–Crippen MR) is 194 cm³/mol. The molecule has 0 aliphatic carbocycles. The number of hydrogen-bond acceptors (Lipinski definition) is 4. The van der Waals surface area contributed by atoms with Crippen LogP contribution in [0.3, 0.4) is 0 Å². The van der Waals surface area contributed by atoms with Crippen LogP contribution >= 0.6 is 0 Å². The maximum absolute atomic E-state index is 6.48. The molecule has 0 spiro atoms. The summed E-state index contributed by atoms with van der Waals surface area (Å²) in [5.74, 6) is 9.40. The molecule has 5 nitrogen and oxygen atoms in total. The van der Waals surface area contributed by atoms with E-state index in [1.165, 1.54) is 28.6 Å². The third-order valence-electron chi connectivity index (χ3n) is 7.05. The summed E-state index contributed by atoms with van der Waals surface area (Å²) in [6.07, 6.45) is 14.4. The fourth-order valence-corrected chi connectivity index (χ4v) is 4.81. The van der Waals surface area contributed by atoms with E-state index >= 15 is 0 Å². The Morgan fingerprint density at radius 3 is 2.38 bits per heavy atom. The van der Waals surface area contributed by atoms with Crippen molar-refractivity contribution in [2.45, 2.75) is 91.6 Å². The molecule has 3 atom stereocenters. The van der Waals surface area contributed by atoms with Gasteiger partial charge >= 0.3 is 0 Å². The summed E-state index contributed by atoms with van der Waals surface area (Å²) >= 11 is 0. The van der Waals surface area contributed by atoms with Crippen molar-refractivity contribution >= 4 is 0 Å². The van der Waals surface area contributed by atoms with Crippen LogP contribution in [0.1, 0.15) is 93.5 Å².